The molecule has 5 heteroatoms. The van der Waals surface area contributed by atoms with Gasteiger partial charge in [0.05, 0.1) is 6.04 Å². The summed E-state index contributed by atoms with van der Waals surface area (Å²) in [5, 5.41) is 3.91. The molecule has 2 rings (SSSR count). The second kappa shape index (κ2) is 5.84. The van der Waals surface area contributed by atoms with Crippen molar-refractivity contribution >= 4 is 33.2 Å². The van der Waals surface area contributed by atoms with Crippen molar-refractivity contribution in [2.45, 2.75) is 26.8 Å². The second-order valence-electron chi connectivity index (χ2n) is 4.46. The monoisotopic (exact) mass is 338 g/mol. The summed E-state index contributed by atoms with van der Waals surface area (Å²) in [4.78, 5) is 17.7. The van der Waals surface area contributed by atoms with Gasteiger partial charge in [0.25, 0.3) is 5.91 Å². The Bertz CT molecular complexity index is 609. The summed E-state index contributed by atoms with van der Waals surface area (Å²) in [5.41, 5.74) is 1.65. The SMILES string of the molecule is Cc1cnc(C(C)NC(=O)c2cc(Br)ccc2C)s1. The molecule has 19 heavy (non-hydrogen) atoms. The fourth-order valence-corrected chi connectivity index (χ4v) is 2.88. The van der Waals surface area contributed by atoms with Gasteiger partial charge in [0.15, 0.2) is 0 Å². The molecule has 0 aliphatic carbocycles. The normalized spacial score (nSPS) is 12.2. The molecule has 1 aromatic heterocycles. The van der Waals surface area contributed by atoms with E-state index in [1.807, 2.05) is 45.2 Å². The third kappa shape index (κ3) is 3.42. The van der Waals surface area contributed by atoms with Crippen LogP contribution in [0.4, 0.5) is 0 Å². The molecule has 1 heterocycles. The van der Waals surface area contributed by atoms with E-state index in [0.717, 1.165) is 19.9 Å². The standard InChI is InChI=1S/C14H15BrN2OS/c1-8-4-5-11(15)6-12(8)13(18)17-10(3)14-16-7-9(2)19-14/h4-7,10H,1-3H3,(H,17,18). The predicted molar refractivity (Wildman–Crippen MR) is 81.6 cm³/mol. The number of carbonyl (C=O) groups is 1. The van der Waals surface area contributed by atoms with Gasteiger partial charge in [0.2, 0.25) is 0 Å². The Morgan fingerprint density at radius 2 is 2.16 bits per heavy atom. The highest BCUT2D eigenvalue weighted by Crippen LogP contribution is 2.21. The first kappa shape index (κ1) is 14.2. The summed E-state index contributed by atoms with van der Waals surface area (Å²) in [7, 11) is 0. The molecule has 0 radical (unpaired) electrons. The Labute approximate surface area is 125 Å². The average Bonchev–Trinajstić information content (AvgIpc) is 2.79. The molecular formula is C14H15BrN2OS. The molecule has 3 nitrogen and oxygen atoms in total. The number of aryl methyl sites for hydroxylation is 2. The number of halogens is 1. The summed E-state index contributed by atoms with van der Waals surface area (Å²) in [6.45, 7) is 5.89. The van der Waals surface area contributed by atoms with E-state index in [9.17, 15) is 4.79 Å². The smallest absolute Gasteiger partial charge is 0.252 e. The molecule has 2 aromatic rings. The maximum Gasteiger partial charge on any atom is 0.252 e. The van der Waals surface area contributed by atoms with Gasteiger partial charge in [-0.05, 0) is 38.5 Å². The van der Waals surface area contributed by atoms with Gasteiger partial charge in [-0.25, -0.2) is 4.98 Å². The van der Waals surface area contributed by atoms with Crippen molar-refractivity contribution in [2.75, 3.05) is 0 Å². The van der Waals surface area contributed by atoms with Crippen LogP contribution >= 0.6 is 27.3 Å². The molecule has 0 spiro atoms. The van der Waals surface area contributed by atoms with Crippen LogP contribution in [0.1, 0.15) is 38.8 Å². The minimum absolute atomic E-state index is 0.0702. The average molecular weight is 339 g/mol. The Morgan fingerprint density at radius 3 is 2.79 bits per heavy atom. The van der Waals surface area contributed by atoms with Crippen molar-refractivity contribution in [3.63, 3.8) is 0 Å². The fourth-order valence-electron chi connectivity index (χ4n) is 1.75. The highest BCUT2D eigenvalue weighted by molar-refractivity contribution is 9.10. The predicted octanol–water partition coefficient (Wildman–Crippen LogP) is 4.01. The first-order valence-electron chi connectivity index (χ1n) is 5.96. The minimum atomic E-state index is -0.0791. The van der Waals surface area contributed by atoms with Gasteiger partial charge in [-0.1, -0.05) is 22.0 Å². The van der Waals surface area contributed by atoms with E-state index in [0.29, 0.717) is 5.56 Å². The van der Waals surface area contributed by atoms with Gasteiger partial charge < -0.3 is 5.32 Å². The zero-order chi connectivity index (χ0) is 14.0. The molecule has 1 amide bonds. The number of rotatable bonds is 3. The molecule has 1 atom stereocenters. The topological polar surface area (TPSA) is 42.0 Å². The van der Waals surface area contributed by atoms with E-state index >= 15 is 0 Å². The molecule has 0 saturated heterocycles. The van der Waals surface area contributed by atoms with Crippen LogP contribution in [-0.2, 0) is 0 Å². The maximum absolute atomic E-state index is 12.3. The Hall–Kier alpha value is -1.20. The lowest BCUT2D eigenvalue weighted by Crippen LogP contribution is -2.27. The molecule has 1 unspecified atom stereocenters. The zero-order valence-corrected chi connectivity index (χ0v) is 13.4. The maximum atomic E-state index is 12.3. The number of carbonyl (C=O) groups excluding carboxylic acids is 1. The molecule has 0 bridgehead atoms. The van der Waals surface area contributed by atoms with Crippen LogP contribution in [0.3, 0.4) is 0 Å². The van der Waals surface area contributed by atoms with Crippen LogP contribution in [0.2, 0.25) is 0 Å². The fraction of sp³-hybridized carbons (Fsp3) is 0.286. The van der Waals surface area contributed by atoms with Gasteiger partial charge in [-0.15, -0.1) is 11.3 Å². The van der Waals surface area contributed by atoms with E-state index in [4.69, 9.17) is 0 Å². The third-order valence-corrected chi connectivity index (χ3v) is 4.39. The molecule has 0 fully saturated rings. The molecule has 1 aromatic carbocycles. The van der Waals surface area contributed by atoms with Crippen molar-refractivity contribution in [2.24, 2.45) is 0 Å². The highest BCUT2D eigenvalue weighted by atomic mass is 79.9. The summed E-state index contributed by atoms with van der Waals surface area (Å²) in [5.74, 6) is -0.0702. The summed E-state index contributed by atoms with van der Waals surface area (Å²) in [6.07, 6.45) is 1.83. The van der Waals surface area contributed by atoms with Crippen LogP contribution in [0.5, 0.6) is 0 Å². The third-order valence-electron chi connectivity index (χ3n) is 2.80. The lowest BCUT2D eigenvalue weighted by atomic mass is 10.1. The van der Waals surface area contributed by atoms with Gasteiger partial charge >= 0.3 is 0 Å². The second-order valence-corrected chi connectivity index (χ2v) is 6.65. The van der Waals surface area contributed by atoms with E-state index in [2.05, 4.69) is 26.2 Å². The van der Waals surface area contributed by atoms with Crippen molar-refractivity contribution in [3.05, 3.63) is 49.9 Å². The van der Waals surface area contributed by atoms with Crippen LogP contribution in [0, 0.1) is 13.8 Å². The summed E-state index contributed by atoms with van der Waals surface area (Å²) < 4.78 is 0.904. The highest BCUT2D eigenvalue weighted by Gasteiger charge is 2.15. The van der Waals surface area contributed by atoms with Gasteiger partial charge in [0, 0.05) is 21.1 Å². The van der Waals surface area contributed by atoms with Gasteiger partial charge in [0.1, 0.15) is 5.01 Å². The lowest BCUT2D eigenvalue weighted by molar-refractivity contribution is 0.0939. The molecule has 1 N–H and O–H groups in total. The quantitative estimate of drug-likeness (QED) is 0.918. The number of nitrogens with zero attached hydrogens (tertiary/aromatic N) is 1. The summed E-state index contributed by atoms with van der Waals surface area (Å²) >= 11 is 4.99. The van der Waals surface area contributed by atoms with Gasteiger partial charge in [-0.2, -0.15) is 0 Å². The first-order valence-corrected chi connectivity index (χ1v) is 7.57. The van der Waals surface area contributed by atoms with E-state index in [-0.39, 0.29) is 11.9 Å². The molecular weight excluding hydrogens is 324 g/mol. The molecule has 0 saturated carbocycles. The Kier molecular flexibility index (Phi) is 4.37. The minimum Gasteiger partial charge on any atom is -0.343 e. The first-order chi connectivity index (χ1) is 8.97. The van der Waals surface area contributed by atoms with Crippen molar-refractivity contribution in [1.82, 2.24) is 10.3 Å². The van der Waals surface area contributed by atoms with Crippen LogP contribution in [0.15, 0.2) is 28.9 Å². The number of thiazole rings is 1. The van der Waals surface area contributed by atoms with E-state index in [1.165, 1.54) is 0 Å². The number of benzene rings is 1. The number of nitrogens with one attached hydrogen (secondary N) is 1. The molecule has 0 aliphatic heterocycles. The van der Waals surface area contributed by atoms with Crippen molar-refractivity contribution in [3.8, 4) is 0 Å². The van der Waals surface area contributed by atoms with Gasteiger partial charge in [-0.3, -0.25) is 4.79 Å². The van der Waals surface area contributed by atoms with Crippen molar-refractivity contribution < 1.29 is 4.79 Å². The zero-order valence-electron chi connectivity index (χ0n) is 11.0. The number of aromatic nitrogens is 1. The molecule has 0 aliphatic rings. The number of hydrogen-bond acceptors (Lipinski definition) is 3. The van der Waals surface area contributed by atoms with Crippen LogP contribution in [0.25, 0.3) is 0 Å². The van der Waals surface area contributed by atoms with E-state index in [1.54, 1.807) is 11.3 Å². The molecule has 100 valence electrons. The van der Waals surface area contributed by atoms with Crippen LogP contribution in [-0.4, -0.2) is 10.9 Å². The largest absolute Gasteiger partial charge is 0.343 e. The number of amides is 1. The Morgan fingerprint density at radius 1 is 1.42 bits per heavy atom. The Balaban J connectivity index is 2.15. The van der Waals surface area contributed by atoms with Crippen molar-refractivity contribution in [1.29, 1.82) is 0 Å². The van der Waals surface area contributed by atoms with Crippen LogP contribution < -0.4 is 5.32 Å². The summed E-state index contributed by atoms with van der Waals surface area (Å²) in [6, 6.07) is 5.62. The van der Waals surface area contributed by atoms with E-state index < -0.39 is 0 Å². The number of hydrogen-bond donors (Lipinski definition) is 1. The lowest BCUT2D eigenvalue weighted by Gasteiger charge is -2.13.